The molecular weight excluding hydrogens is 200 g/mol. The Labute approximate surface area is 88.6 Å². The normalized spacial score (nSPS) is 9.93. The van der Waals surface area contributed by atoms with Crippen LogP contribution in [0.2, 0.25) is 5.02 Å². The minimum atomic E-state index is -0.0951. The number of amides is 1. The summed E-state index contributed by atoms with van der Waals surface area (Å²) in [6, 6.07) is 1.84. The molecule has 4 heteroatoms. The summed E-state index contributed by atoms with van der Waals surface area (Å²) >= 11 is 5.82. The van der Waals surface area contributed by atoms with Crippen molar-refractivity contribution in [3.05, 3.63) is 35.6 Å². The number of carbonyl (C=O) groups is 1. The van der Waals surface area contributed by atoms with Gasteiger partial charge < -0.3 is 9.47 Å². The van der Waals surface area contributed by atoms with Gasteiger partial charge in [-0.1, -0.05) is 18.2 Å². The minimum Gasteiger partial charge on any atom is -0.351 e. The lowest BCUT2D eigenvalue weighted by Crippen LogP contribution is -2.24. The Morgan fingerprint density at radius 1 is 1.79 bits per heavy atom. The van der Waals surface area contributed by atoms with Crippen LogP contribution in [0.4, 0.5) is 0 Å². The second-order valence-corrected chi connectivity index (χ2v) is 3.60. The Morgan fingerprint density at radius 3 is 2.86 bits per heavy atom. The van der Waals surface area contributed by atoms with Gasteiger partial charge >= 0.3 is 0 Å². The molecule has 0 aliphatic rings. The maximum Gasteiger partial charge on any atom is 0.246 e. The molecular formula is C10H13ClN2O. The highest BCUT2D eigenvalue weighted by atomic mass is 35.5. The van der Waals surface area contributed by atoms with Gasteiger partial charge in [-0.3, -0.25) is 4.79 Å². The number of rotatable bonds is 3. The van der Waals surface area contributed by atoms with E-state index in [1.165, 1.54) is 6.08 Å². The number of likely N-dealkylation sites (N-methyl/N-ethyl adjacent to an activating group) is 1. The van der Waals surface area contributed by atoms with Gasteiger partial charge in [0.1, 0.15) is 0 Å². The van der Waals surface area contributed by atoms with Gasteiger partial charge in [-0.05, 0) is 12.1 Å². The van der Waals surface area contributed by atoms with E-state index in [0.717, 1.165) is 5.69 Å². The van der Waals surface area contributed by atoms with Crippen molar-refractivity contribution in [2.75, 3.05) is 7.05 Å². The van der Waals surface area contributed by atoms with Crippen molar-refractivity contribution in [3.8, 4) is 0 Å². The zero-order chi connectivity index (χ0) is 10.7. The van der Waals surface area contributed by atoms with Crippen LogP contribution in [-0.2, 0) is 18.4 Å². The maximum atomic E-state index is 11.2. The quantitative estimate of drug-likeness (QED) is 0.702. The predicted molar refractivity (Wildman–Crippen MR) is 57.1 cm³/mol. The molecule has 0 N–H and O–H groups in total. The van der Waals surface area contributed by atoms with E-state index in [1.54, 1.807) is 11.9 Å². The number of hydrogen-bond donors (Lipinski definition) is 0. The van der Waals surface area contributed by atoms with Gasteiger partial charge in [0.2, 0.25) is 5.91 Å². The van der Waals surface area contributed by atoms with Gasteiger partial charge in [0.25, 0.3) is 0 Å². The number of nitrogens with zero attached hydrogens (tertiary/aromatic N) is 2. The van der Waals surface area contributed by atoms with E-state index in [4.69, 9.17) is 11.6 Å². The van der Waals surface area contributed by atoms with Crippen LogP contribution in [0.1, 0.15) is 5.69 Å². The summed E-state index contributed by atoms with van der Waals surface area (Å²) in [6.07, 6.45) is 3.10. The van der Waals surface area contributed by atoms with Crippen molar-refractivity contribution in [2.24, 2.45) is 7.05 Å². The van der Waals surface area contributed by atoms with Gasteiger partial charge in [-0.2, -0.15) is 0 Å². The molecule has 0 bridgehead atoms. The topological polar surface area (TPSA) is 25.2 Å². The van der Waals surface area contributed by atoms with E-state index in [1.807, 2.05) is 23.9 Å². The van der Waals surface area contributed by atoms with Crippen molar-refractivity contribution in [1.29, 1.82) is 0 Å². The largest absolute Gasteiger partial charge is 0.351 e. The molecule has 0 saturated heterocycles. The van der Waals surface area contributed by atoms with Crippen LogP contribution in [0.15, 0.2) is 24.9 Å². The monoisotopic (exact) mass is 212 g/mol. The van der Waals surface area contributed by atoms with Gasteiger partial charge in [0.05, 0.1) is 11.6 Å². The summed E-state index contributed by atoms with van der Waals surface area (Å²) in [5, 5.41) is 0.682. The van der Waals surface area contributed by atoms with Crippen LogP contribution in [0, 0.1) is 0 Å². The SMILES string of the molecule is C=CC(=O)N(C)Cc1cc(Cl)cn1C. The average Bonchev–Trinajstić information content (AvgIpc) is 2.44. The Balaban J connectivity index is 2.73. The first-order chi connectivity index (χ1) is 6.54. The lowest BCUT2D eigenvalue weighted by molar-refractivity contribution is -0.125. The Bertz CT molecular complexity index is 357. The van der Waals surface area contributed by atoms with Crippen LogP contribution in [-0.4, -0.2) is 22.4 Å². The first-order valence-corrected chi connectivity index (χ1v) is 4.60. The number of aromatic nitrogens is 1. The lowest BCUT2D eigenvalue weighted by atomic mass is 10.4. The molecule has 0 radical (unpaired) electrons. The molecule has 1 rings (SSSR count). The molecule has 0 unspecified atom stereocenters. The molecule has 1 aromatic rings. The fourth-order valence-corrected chi connectivity index (χ4v) is 1.47. The maximum absolute atomic E-state index is 11.2. The molecule has 1 amide bonds. The standard InChI is InChI=1S/C10H13ClN2O/c1-4-10(14)13(3)7-9-5-8(11)6-12(9)2/h4-6H,1,7H2,2-3H3. The molecule has 1 aromatic heterocycles. The number of carbonyl (C=O) groups excluding carboxylic acids is 1. The summed E-state index contributed by atoms with van der Waals surface area (Å²) in [4.78, 5) is 12.8. The molecule has 0 saturated carbocycles. The second-order valence-electron chi connectivity index (χ2n) is 3.16. The van der Waals surface area contributed by atoms with E-state index in [-0.39, 0.29) is 5.91 Å². The molecule has 0 atom stereocenters. The number of hydrogen-bond acceptors (Lipinski definition) is 1. The van der Waals surface area contributed by atoms with Crippen LogP contribution >= 0.6 is 11.6 Å². The molecule has 1 heterocycles. The summed E-state index contributed by atoms with van der Waals surface area (Å²) in [5.74, 6) is -0.0951. The van der Waals surface area contributed by atoms with E-state index in [2.05, 4.69) is 6.58 Å². The Hall–Kier alpha value is -1.22. The van der Waals surface area contributed by atoms with Crippen LogP contribution < -0.4 is 0 Å². The van der Waals surface area contributed by atoms with Gasteiger partial charge in [0, 0.05) is 26.0 Å². The third-order valence-corrected chi connectivity index (χ3v) is 2.23. The highest BCUT2D eigenvalue weighted by molar-refractivity contribution is 6.30. The van der Waals surface area contributed by atoms with E-state index in [9.17, 15) is 4.79 Å². The summed E-state index contributed by atoms with van der Waals surface area (Å²) in [6.45, 7) is 3.96. The van der Waals surface area contributed by atoms with Gasteiger partial charge in [-0.15, -0.1) is 0 Å². The molecule has 0 aliphatic heterocycles. The zero-order valence-corrected chi connectivity index (χ0v) is 9.08. The number of halogens is 1. The van der Waals surface area contributed by atoms with Crippen LogP contribution in [0.5, 0.6) is 0 Å². The smallest absolute Gasteiger partial charge is 0.246 e. The lowest BCUT2D eigenvalue weighted by Gasteiger charge is -2.15. The highest BCUT2D eigenvalue weighted by Crippen LogP contribution is 2.14. The van der Waals surface area contributed by atoms with Gasteiger partial charge in [0.15, 0.2) is 0 Å². The minimum absolute atomic E-state index is 0.0951. The highest BCUT2D eigenvalue weighted by Gasteiger charge is 2.08. The van der Waals surface area contributed by atoms with Crippen LogP contribution in [0.25, 0.3) is 0 Å². The molecule has 3 nitrogen and oxygen atoms in total. The molecule has 0 fully saturated rings. The Morgan fingerprint density at radius 2 is 2.43 bits per heavy atom. The van der Waals surface area contributed by atoms with Crippen molar-refractivity contribution in [3.63, 3.8) is 0 Å². The van der Waals surface area contributed by atoms with Crippen molar-refractivity contribution in [1.82, 2.24) is 9.47 Å². The van der Waals surface area contributed by atoms with Crippen LogP contribution in [0.3, 0.4) is 0 Å². The fourth-order valence-electron chi connectivity index (χ4n) is 1.20. The molecule has 76 valence electrons. The zero-order valence-electron chi connectivity index (χ0n) is 8.33. The van der Waals surface area contributed by atoms with Crippen molar-refractivity contribution >= 4 is 17.5 Å². The fraction of sp³-hybridized carbons (Fsp3) is 0.300. The first kappa shape index (κ1) is 10.9. The molecule has 0 spiro atoms. The van der Waals surface area contributed by atoms with Crippen molar-refractivity contribution in [2.45, 2.75) is 6.54 Å². The van der Waals surface area contributed by atoms with E-state index >= 15 is 0 Å². The molecule has 0 aliphatic carbocycles. The summed E-state index contributed by atoms with van der Waals surface area (Å²) in [5.41, 5.74) is 0.993. The van der Waals surface area contributed by atoms with E-state index < -0.39 is 0 Å². The average molecular weight is 213 g/mol. The summed E-state index contributed by atoms with van der Waals surface area (Å²) in [7, 11) is 3.62. The number of aryl methyl sites for hydroxylation is 1. The predicted octanol–water partition coefficient (Wildman–Crippen LogP) is 1.82. The summed E-state index contributed by atoms with van der Waals surface area (Å²) < 4.78 is 1.90. The first-order valence-electron chi connectivity index (χ1n) is 4.23. The van der Waals surface area contributed by atoms with Gasteiger partial charge in [-0.25, -0.2) is 0 Å². The third-order valence-electron chi connectivity index (χ3n) is 2.02. The second kappa shape index (κ2) is 4.33. The third kappa shape index (κ3) is 2.39. The molecule has 0 aromatic carbocycles. The Kier molecular flexibility index (Phi) is 3.36. The molecule has 14 heavy (non-hydrogen) atoms. The van der Waals surface area contributed by atoms with E-state index in [0.29, 0.717) is 11.6 Å². The van der Waals surface area contributed by atoms with Crippen molar-refractivity contribution < 1.29 is 4.79 Å².